The molecule has 6 heteroatoms. The van der Waals surface area contributed by atoms with Crippen molar-refractivity contribution in [2.75, 3.05) is 18.4 Å². The summed E-state index contributed by atoms with van der Waals surface area (Å²) in [4.78, 5) is 22.3. The lowest BCUT2D eigenvalue weighted by Gasteiger charge is -2.33. The molecule has 1 aromatic heterocycles. The van der Waals surface area contributed by atoms with E-state index in [0.717, 1.165) is 30.8 Å². The predicted molar refractivity (Wildman–Crippen MR) is 85.9 cm³/mol. The molecule has 1 aliphatic heterocycles. The Bertz CT molecular complexity index is 505. The van der Waals surface area contributed by atoms with E-state index in [2.05, 4.69) is 22.2 Å². The highest BCUT2D eigenvalue weighted by Gasteiger charge is 2.26. The van der Waals surface area contributed by atoms with Gasteiger partial charge in [0.2, 0.25) is 0 Å². The number of likely N-dealkylation sites (tertiary alicyclic amines) is 1. The van der Waals surface area contributed by atoms with E-state index in [1.54, 1.807) is 11.2 Å². The number of ether oxygens (including phenoxy) is 1. The maximum Gasteiger partial charge on any atom is 0.410 e. The van der Waals surface area contributed by atoms with Gasteiger partial charge in [-0.2, -0.15) is 0 Å². The highest BCUT2D eigenvalue weighted by atomic mass is 16.6. The fourth-order valence-corrected chi connectivity index (χ4v) is 2.41. The summed E-state index contributed by atoms with van der Waals surface area (Å²) in [6, 6.07) is 2.32. The summed E-state index contributed by atoms with van der Waals surface area (Å²) in [5.74, 6) is 0.863. The molecule has 2 heterocycles. The molecule has 6 nitrogen and oxygen atoms in total. The second kappa shape index (κ2) is 6.94. The van der Waals surface area contributed by atoms with Gasteiger partial charge in [0.15, 0.2) is 0 Å². The van der Waals surface area contributed by atoms with Crippen LogP contribution in [0.4, 0.5) is 10.6 Å². The Labute approximate surface area is 132 Å². The van der Waals surface area contributed by atoms with E-state index >= 15 is 0 Å². The maximum absolute atomic E-state index is 12.0. The van der Waals surface area contributed by atoms with E-state index in [9.17, 15) is 4.79 Å². The summed E-state index contributed by atoms with van der Waals surface area (Å²) >= 11 is 0. The zero-order chi connectivity index (χ0) is 16.2. The highest BCUT2D eigenvalue weighted by molar-refractivity contribution is 5.68. The smallest absolute Gasteiger partial charge is 0.410 e. The minimum absolute atomic E-state index is 0.221. The Morgan fingerprint density at radius 1 is 1.36 bits per heavy atom. The van der Waals surface area contributed by atoms with Gasteiger partial charge in [0, 0.05) is 30.9 Å². The largest absolute Gasteiger partial charge is 0.444 e. The lowest BCUT2D eigenvalue weighted by molar-refractivity contribution is 0.0210. The average molecular weight is 306 g/mol. The Morgan fingerprint density at radius 2 is 2.05 bits per heavy atom. The normalized spacial score (nSPS) is 16.5. The number of hydrogen-bond acceptors (Lipinski definition) is 5. The molecule has 1 saturated heterocycles. The molecule has 2 rings (SSSR count). The molecule has 1 N–H and O–H groups in total. The fourth-order valence-electron chi connectivity index (χ4n) is 2.41. The van der Waals surface area contributed by atoms with Gasteiger partial charge < -0.3 is 15.0 Å². The Morgan fingerprint density at radius 3 is 2.64 bits per heavy atom. The van der Waals surface area contributed by atoms with Crippen LogP contribution in [0, 0.1) is 0 Å². The number of amides is 1. The topological polar surface area (TPSA) is 67.4 Å². The summed E-state index contributed by atoms with van der Waals surface area (Å²) in [6.45, 7) is 9.15. The lowest BCUT2D eigenvalue weighted by Crippen LogP contribution is -2.44. The van der Waals surface area contributed by atoms with E-state index in [1.165, 1.54) is 0 Å². The SMILES string of the molecule is CCc1cc(NC2CCN(C(=O)OC(C)(C)C)CC2)ncn1. The molecule has 1 fully saturated rings. The van der Waals surface area contributed by atoms with Crippen LogP contribution in [-0.2, 0) is 11.2 Å². The molecule has 0 spiro atoms. The number of aromatic nitrogens is 2. The molecule has 0 unspecified atom stereocenters. The molecule has 0 saturated carbocycles. The fraction of sp³-hybridized carbons (Fsp3) is 0.688. The molecule has 0 bridgehead atoms. The predicted octanol–water partition coefficient (Wildman–Crippen LogP) is 2.85. The molecule has 122 valence electrons. The van der Waals surface area contributed by atoms with Gasteiger partial charge in [-0.3, -0.25) is 0 Å². The number of hydrogen-bond donors (Lipinski definition) is 1. The first-order chi connectivity index (χ1) is 10.4. The van der Waals surface area contributed by atoms with Crippen molar-refractivity contribution >= 4 is 11.9 Å². The number of carbonyl (C=O) groups excluding carboxylic acids is 1. The van der Waals surface area contributed by atoms with Crippen LogP contribution < -0.4 is 5.32 Å². The van der Waals surface area contributed by atoms with Crippen LogP contribution in [-0.4, -0.2) is 45.7 Å². The molecule has 0 aromatic carbocycles. The first-order valence-corrected chi connectivity index (χ1v) is 7.93. The third-order valence-corrected chi connectivity index (χ3v) is 3.58. The second-order valence-electron chi connectivity index (χ2n) is 6.63. The first kappa shape index (κ1) is 16.5. The van der Waals surface area contributed by atoms with Crippen molar-refractivity contribution in [1.29, 1.82) is 0 Å². The van der Waals surface area contributed by atoms with E-state index in [0.29, 0.717) is 19.1 Å². The van der Waals surface area contributed by atoms with E-state index in [-0.39, 0.29) is 6.09 Å². The Hall–Kier alpha value is -1.85. The molecule has 0 radical (unpaired) electrons. The van der Waals surface area contributed by atoms with Crippen molar-refractivity contribution in [1.82, 2.24) is 14.9 Å². The van der Waals surface area contributed by atoms with Crippen LogP contribution in [0.5, 0.6) is 0 Å². The van der Waals surface area contributed by atoms with Gasteiger partial charge in [-0.1, -0.05) is 6.92 Å². The van der Waals surface area contributed by atoms with E-state index in [4.69, 9.17) is 4.74 Å². The monoisotopic (exact) mass is 306 g/mol. The number of rotatable bonds is 3. The minimum atomic E-state index is -0.441. The zero-order valence-corrected chi connectivity index (χ0v) is 13.9. The van der Waals surface area contributed by atoms with Crippen LogP contribution >= 0.6 is 0 Å². The van der Waals surface area contributed by atoms with Crippen molar-refractivity contribution in [2.45, 2.75) is 58.6 Å². The molecular weight excluding hydrogens is 280 g/mol. The van der Waals surface area contributed by atoms with Crippen LogP contribution in [0.15, 0.2) is 12.4 Å². The van der Waals surface area contributed by atoms with Crippen LogP contribution in [0.1, 0.15) is 46.2 Å². The number of nitrogens with zero attached hydrogens (tertiary/aromatic N) is 3. The molecule has 0 aliphatic carbocycles. The van der Waals surface area contributed by atoms with Gasteiger partial charge in [0.05, 0.1) is 0 Å². The second-order valence-corrected chi connectivity index (χ2v) is 6.63. The number of nitrogens with one attached hydrogen (secondary N) is 1. The van der Waals surface area contributed by atoms with E-state index in [1.807, 2.05) is 26.8 Å². The van der Waals surface area contributed by atoms with Gasteiger partial charge in [-0.15, -0.1) is 0 Å². The summed E-state index contributed by atoms with van der Waals surface area (Å²) in [5.41, 5.74) is 0.590. The molecule has 0 atom stereocenters. The first-order valence-electron chi connectivity index (χ1n) is 7.93. The zero-order valence-electron chi connectivity index (χ0n) is 13.9. The summed E-state index contributed by atoms with van der Waals surface area (Å²) < 4.78 is 5.41. The molecule has 1 amide bonds. The summed E-state index contributed by atoms with van der Waals surface area (Å²) in [5, 5.41) is 3.43. The molecule has 22 heavy (non-hydrogen) atoms. The van der Waals surface area contributed by atoms with Crippen molar-refractivity contribution in [2.24, 2.45) is 0 Å². The van der Waals surface area contributed by atoms with Gasteiger partial charge >= 0.3 is 6.09 Å². The Kier molecular flexibility index (Phi) is 5.21. The highest BCUT2D eigenvalue weighted by Crippen LogP contribution is 2.18. The van der Waals surface area contributed by atoms with Crippen LogP contribution in [0.3, 0.4) is 0 Å². The average Bonchev–Trinajstić information content (AvgIpc) is 2.46. The summed E-state index contributed by atoms with van der Waals surface area (Å²) in [7, 11) is 0. The van der Waals surface area contributed by atoms with Crippen LogP contribution in [0.25, 0.3) is 0 Å². The quantitative estimate of drug-likeness (QED) is 0.930. The molecular formula is C16H26N4O2. The maximum atomic E-state index is 12.0. The summed E-state index contributed by atoms with van der Waals surface area (Å²) in [6.07, 6.45) is 4.06. The Balaban J connectivity index is 1.83. The van der Waals surface area contributed by atoms with Crippen molar-refractivity contribution < 1.29 is 9.53 Å². The van der Waals surface area contributed by atoms with Crippen LogP contribution in [0.2, 0.25) is 0 Å². The van der Waals surface area contributed by atoms with Gasteiger partial charge in [0.1, 0.15) is 17.7 Å². The van der Waals surface area contributed by atoms with E-state index < -0.39 is 5.60 Å². The number of piperidine rings is 1. The lowest BCUT2D eigenvalue weighted by atomic mass is 10.1. The third-order valence-electron chi connectivity index (χ3n) is 3.58. The molecule has 1 aliphatic rings. The van der Waals surface area contributed by atoms with Gasteiger partial charge in [-0.05, 0) is 40.0 Å². The van der Waals surface area contributed by atoms with Crippen molar-refractivity contribution in [3.05, 3.63) is 18.1 Å². The van der Waals surface area contributed by atoms with Gasteiger partial charge in [-0.25, -0.2) is 14.8 Å². The minimum Gasteiger partial charge on any atom is -0.444 e. The van der Waals surface area contributed by atoms with Crippen molar-refractivity contribution in [3.63, 3.8) is 0 Å². The van der Waals surface area contributed by atoms with Crippen molar-refractivity contribution in [3.8, 4) is 0 Å². The molecule has 1 aromatic rings. The number of aryl methyl sites for hydroxylation is 1. The number of carbonyl (C=O) groups is 1. The standard InChI is InChI=1S/C16H26N4O2/c1-5-12-10-14(18-11-17-12)19-13-6-8-20(9-7-13)15(21)22-16(2,3)4/h10-11,13H,5-9H2,1-4H3,(H,17,18,19). The third kappa shape index (κ3) is 4.86. The van der Waals surface area contributed by atoms with Gasteiger partial charge in [0.25, 0.3) is 0 Å². The number of anilines is 1.